The van der Waals surface area contributed by atoms with Gasteiger partial charge in [-0.1, -0.05) is 11.6 Å². The first-order chi connectivity index (χ1) is 6.59. The molecule has 1 aliphatic rings. The van der Waals surface area contributed by atoms with Crippen LogP contribution in [0.4, 0.5) is 0 Å². The van der Waals surface area contributed by atoms with Gasteiger partial charge in [0.2, 0.25) is 0 Å². The molecule has 0 spiro atoms. The quantitative estimate of drug-likeness (QED) is 0.681. The Kier molecular flexibility index (Phi) is 4.10. The third kappa shape index (κ3) is 3.47. The van der Waals surface area contributed by atoms with E-state index in [1.165, 1.54) is 5.57 Å². The molecule has 80 valence electrons. The summed E-state index contributed by atoms with van der Waals surface area (Å²) in [6, 6.07) is 0. The molecule has 0 radical (unpaired) electrons. The van der Waals surface area contributed by atoms with Gasteiger partial charge >= 0.3 is 5.97 Å². The van der Waals surface area contributed by atoms with E-state index >= 15 is 0 Å². The van der Waals surface area contributed by atoms with Crippen LogP contribution in [0, 0.1) is 0 Å². The lowest BCUT2D eigenvalue weighted by molar-refractivity contribution is -0.155. The van der Waals surface area contributed by atoms with Crippen LogP contribution >= 0.6 is 0 Å². The van der Waals surface area contributed by atoms with Crippen molar-refractivity contribution in [3.8, 4) is 0 Å². The highest BCUT2D eigenvalue weighted by molar-refractivity contribution is 5.72. The van der Waals surface area contributed by atoms with Crippen molar-refractivity contribution < 1.29 is 14.6 Å². The number of hydrogen-bond donors (Lipinski definition) is 1. The largest absolute Gasteiger partial charge is 0.479 e. The van der Waals surface area contributed by atoms with Crippen molar-refractivity contribution in [1.82, 2.24) is 4.90 Å². The second-order valence-corrected chi connectivity index (χ2v) is 3.74. The first-order valence-electron chi connectivity index (χ1n) is 4.79. The molecule has 0 aromatic carbocycles. The number of carboxylic acid groups (broad SMARTS) is 1. The number of hydrogen-bond acceptors (Lipinski definition) is 3. The minimum Gasteiger partial charge on any atom is -0.479 e. The van der Waals surface area contributed by atoms with Crippen LogP contribution in [-0.4, -0.2) is 48.3 Å². The fraction of sp³-hybridized carbons (Fsp3) is 0.700. The Morgan fingerprint density at radius 2 is 2.36 bits per heavy atom. The molecule has 1 unspecified atom stereocenters. The molecule has 4 heteroatoms. The standard InChI is InChI=1S/C10H17NO3/c1-8(2)3-4-11-5-6-14-9(7-11)10(12)13/h3,9H,4-7H2,1-2H3,(H,12,13). The van der Waals surface area contributed by atoms with Crippen LogP contribution in [0.15, 0.2) is 11.6 Å². The van der Waals surface area contributed by atoms with E-state index in [1.807, 2.05) is 13.8 Å². The molecule has 1 fully saturated rings. The molecule has 0 amide bonds. The molecule has 1 heterocycles. The lowest BCUT2D eigenvalue weighted by Crippen LogP contribution is -2.46. The molecule has 1 N–H and O–H groups in total. The Morgan fingerprint density at radius 1 is 1.64 bits per heavy atom. The van der Waals surface area contributed by atoms with Gasteiger partial charge in [0.25, 0.3) is 0 Å². The van der Waals surface area contributed by atoms with E-state index in [1.54, 1.807) is 0 Å². The van der Waals surface area contributed by atoms with E-state index in [-0.39, 0.29) is 0 Å². The fourth-order valence-corrected chi connectivity index (χ4v) is 1.33. The Hall–Kier alpha value is -0.870. The van der Waals surface area contributed by atoms with Gasteiger partial charge in [-0.05, 0) is 13.8 Å². The van der Waals surface area contributed by atoms with Crippen molar-refractivity contribution in [3.63, 3.8) is 0 Å². The van der Waals surface area contributed by atoms with Crippen LogP contribution in [0.3, 0.4) is 0 Å². The van der Waals surface area contributed by atoms with Crippen LogP contribution in [0.1, 0.15) is 13.8 Å². The third-order valence-corrected chi connectivity index (χ3v) is 2.18. The second kappa shape index (κ2) is 5.12. The van der Waals surface area contributed by atoms with Crippen LogP contribution in [-0.2, 0) is 9.53 Å². The van der Waals surface area contributed by atoms with Crippen molar-refractivity contribution >= 4 is 5.97 Å². The Balaban J connectivity index is 2.40. The summed E-state index contributed by atoms with van der Waals surface area (Å²) in [5.41, 5.74) is 1.25. The summed E-state index contributed by atoms with van der Waals surface area (Å²) in [6.45, 7) is 6.69. The summed E-state index contributed by atoms with van der Waals surface area (Å²) in [5, 5.41) is 8.77. The predicted molar refractivity (Wildman–Crippen MR) is 53.2 cm³/mol. The molecule has 0 aromatic rings. The third-order valence-electron chi connectivity index (χ3n) is 2.18. The lowest BCUT2D eigenvalue weighted by atomic mass is 10.2. The molecule has 0 bridgehead atoms. The van der Waals surface area contributed by atoms with E-state index in [9.17, 15) is 4.79 Å². The summed E-state index contributed by atoms with van der Waals surface area (Å²) in [5.74, 6) is -0.869. The highest BCUT2D eigenvalue weighted by Crippen LogP contribution is 2.05. The van der Waals surface area contributed by atoms with Gasteiger partial charge in [0.15, 0.2) is 6.10 Å². The van der Waals surface area contributed by atoms with Gasteiger partial charge in [-0.2, -0.15) is 0 Å². The van der Waals surface area contributed by atoms with Gasteiger partial charge in [0.1, 0.15) is 0 Å². The van der Waals surface area contributed by atoms with E-state index in [2.05, 4.69) is 11.0 Å². The van der Waals surface area contributed by atoms with E-state index in [0.29, 0.717) is 13.2 Å². The number of carbonyl (C=O) groups is 1. The maximum absolute atomic E-state index is 10.7. The predicted octanol–water partition coefficient (Wildman–Crippen LogP) is 0.738. The topological polar surface area (TPSA) is 49.8 Å². The minimum absolute atomic E-state index is 0.485. The molecule has 0 aliphatic carbocycles. The van der Waals surface area contributed by atoms with Crippen molar-refractivity contribution in [2.45, 2.75) is 20.0 Å². The maximum atomic E-state index is 10.7. The molecule has 4 nitrogen and oxygen atoms in total. The summed E-state index contributed by atoms with van der Waals surface area (Å²) >= 11 is 0. The monoisotopic (exact) mass is 199 g/mol. The van der Waals surface area contributed by atoms with Crippen molar-refractivity contribution in [2.75, 3.05) is 26.2 Å². The van der Waals surface area contributed by atoms with E-state index in [4.69, 9.17) is 9.84 Å². The average molecular weight is 199 g/mol. The van der Waals surface area contributed by atoms with Crippen LogP contribution < -0.4 is 0 Å². The number of ether oxygens (including phenoxy) is 1. The molecule has 0 saturated carbocycles. The Labute approximate surface area is 84.2 Å². The second-order valence-electron chi connectivity index (χ2n) is 3.74. The zero-order valence-electron chi connectivity index (χ0n) is 8.69. The van der Waals surface area contributed by atoms with Gasteiger partial charge in [0, 0.05) is 19.6 Å². The molecule has 14 heavy (non-hydrogen) atoms. The first-order valence-corrected chi connectivity index (χ1v) is 4.79. The molecular weight excluding hydrogens is 182 g/mol. The summed E-state index contributed by atoms with van der Waals surface area (Å²) in [6.07, 6.45) is 1.44. The summed E-state index contributed by atoms with van der Waals surface area (Å²) in [4.78, 5) is 12.8. The number of carboxylic acids is 1. The first kappa shape index (κ1) is 11.2. The molecule has 1 saturated heterocycles. The molecule has 1 rings (SSSR count). The molecular formula is C10H17NO3. The average Bonchev–Trinajstić information content (AvgIpc) is 2.15. The van der Waals surface area contributed by atoms with Crippen molar-refractivity contribution in [2.24, 2.45) is 0 Å². The summed E-state index contributed by atoms with van der Waals surface area (Å²) in [7, 11) is 0. The molecule has 0 aromatic heterocycles. The van der Waals surface area contributed by atoms with Crippen molar-refractivity contribution in [1.29, 1.82) is 0 Å². The summed E-state index contributed by atoms with van der Waals surface area (Å²) < 4.78 is 5.11. The highest BCUT2D eigenvalue weighted by atomic mass is 16.5. The number of aliphatic carboxylic acids is 1. The number of rotatable bonds is 3. The Bertz CT molecular complexity index is 234. The highest BCUT2D eigenvalue weighted by Gasteiger charge is 2.25. The van der Waals surface area contributed by atoms with Gasteiger partial charge < -0.3 is 9.84 Å². The minimum atomic E-state index is -0.869. The number of nitrogens with zero attached hydrogens (tertiary/aromatic N) is 1. The van der Waals surface area contributed by atoms with Gasteiger partial charge in [-0.25, -0.2) is 4.79 Å². The fourth-order valence-electron chi connectivity index (χ4n) is 1.33. The zero-order chi connectivity index (χ0) is 10.6. The van der Waals surface area contributed by atoms with E-state index in [0.717, 1.165) is 13.1 Å². The SMILES string of the molecule is CC(C)=CCN1CCOC(C(=O)O)C1. The van der Waals surface area contributed by atoms with Crippen molar-refractivity contribution in [3.05, 3.63) is 11.6 Å². The van der Waals surface area contributed by atoms with Crippen LogP contribution in [0.5, 0.6) is 0 Å². The van der Waals surface area contributed by atoms with Crippen LogP contribution in [0.2, 0.25) is 0 Å². The molecule has 1 atom stereocenters. The normalized spacial score (nSPS) is 23.1. The van der Waals surface area contributed by atoms with Gasteiger partial charge in [0.05, 0.1) is 6.61 Å². The van der Waals surface area contributed by atoms with E-state index < -0.39 is 12.1 Å². The smallest absolute Gasteiger partial charge is 0.334 e. The van der Waals surface area contributed by atoms with Gasteiger partial charge in [-0.3, -0.25) is 4.90 Å². The van der Waals surface area contributed by atoms with Crippen LogP contribution in [0.25, 0.3) is 0 Å². The maximum Gasteiger partial charge on any atom is 0.334 e. The molecule has 1 aliphatic heterocycles. The van der Waals surface area contributed by atoms with Gasteiger partial charge in [-0.15, -0.1) is 0 Å². The Morgan fingerprint density at radius 3 is 2.93 bits per heavy atom. The lowest BCUT2D eigenvalue weighted by Gasteiger charge is -2.29. The zero-order valence-corrected chi connectivity index (χ0v) is 8.69. The number of morpholine rings is 1. The number of allylic oxidation sites excluding steroid dienone is 1.